The Bertz CT molecular complexity index is 1090. The number of pyridine rings is 1. The Balaban J connectivity index is 1.75. The lowest BCUT2D eigenvalue weighted by Gasteiger charge is -2.18. The van der Waals surface area contributed by atoms with Crippen LogP contribution in [0.1, 0.15) is 41.5 Å². The van der Waals surface area contributed by atoms with Crippen molar-refractivity contribution in [1.82, 2.24) is 19.7 Å². The lowest BCUT2D eigenvalue weighted by molar-refractivity contribution is -0.116. The summed E-state index contributed by atoms with van der Waals surface area (Å²) in [5.74, 6) is -0.512. The Morgan fingerprint density at radius 3 is 2.62 bits per heavy atom. The minimum atomic E-state index is -0.259. The van der Waals surface area contributed by atoms with Gasteiger partial charge >= 0.3 is 0 Å². The van der Waals surface area contributed by atoms with E-state index in [1.807, 2.05) is 43.7 Å². The highest BCUT2D eigenvalue weighted by atomic mass is 79.9. The summed E-state index contributed by atoms with van der Waals surface area (Å²) < 4.78 is 2.77. The number of carbonyl (C=O) groups is 2. The van der Waals surface area contributed by atoms with Crippen LogP contribution in [0.25, 0.3) is 11.0 Å². The number of carbonyl (C=O) groups excluding carboxylic acids is 2. The molecular weight excluding hydrogens is 434 g/mol. The van der Waals surface area contributed by atoms with Crippen molar-refractivity contribution < 1.29 is 9.59 Å². The largest absolute Gasteiger partial charge is 0.332 e. The van der Waals surface area contributed by atoms with Gasteiger partial charge in [-0.2, -0.15) is 5.10 Å². The molecule has 0 aliphatic rings. The Labute approximate surface area is 178 Å². The minimum Gasteiger partial charge on any atom is -0.332 e. The summed E-state index contributed by atoms with van der Waals surface area (Å²) in [5.41, 5.74) is 3.49. The van der Waals surface area contributed by atoms with Crippen LogP contribution in [0.5, 0.6) is 0 Å². The molecule has 3 aromatic rings. The lowest BCUT2D eigenvalue weighted by Crippen LogP contribution is -2.35. The molecule has 0 spiro atoms. The maximum Gasteiger partial charge on any atom is 0.255 e. The molecule has 2 amide bonds. The van der Waals surface area contributed by atoms with Crippen LogP contribution in [-0.4, -0.2) is 45.1 Å². The number of rotatable bonds is 5. The van der Waals surface area contributed by atoms with E-state index in [1.165, 1.54) is 4.90 Å². The highest BCUT2D eigenvalue weighted by Gasteiger charge is 2.20. The van der Waals surface area contributed by atoms with Gasteiger partial charge in [0.1, 0.15) is 0 Å². The molecule has 7 nitrogen and oxygen atoms in total. The van der Waals surface area contributed by atoms with Crippen molar-refractivity contribution in [3.63, 3.8) is 0 Å². The second-order valence-corrected chi connectivity index (χ2v) is 8.30. The number of aromatic nitrogens is 3. The summed E-state index contributed by atoms with van der Waals surface area (Å²) in [6.45, 7) is 7.71. The van der Waals surface area contributed by atoms with Crippen LogP contribution in [0.3, 0.4) is 0 Å². The predicted octanol–water partition coefficient (Wildman–Crippen LogP) is 4.10. The average molecular weight is 458 g/mol. The van der Waals surface area contributed by atoms with E-state index >= 15 is 0 Å². The molecule has 2 aromatic heterocycles. The van der Waals surface area contributed by atoms with Crippen molar-refractivity contribution in [2.75, 3.05) is 18.9 Å². The van der Waals surface area contributed by atoms with Gasteiger partial charge in [0.25, 0.3) is 5.91 Å². The Morgan fingerprint density at radius 2 is 1.97 bits per heavy atom. The first-order valence-electron chi connectivity index (χ1n) is 9.33. The zero-order valence-corrected chi connectivity index (χ0v) is 18.7. The van der Waals surface area contributed by atoms with Gasteiger partial charge in [-0.05, 0) is 57.5 Å². The predicted molar refractivity (Wildman–Crippen MR) is 117 cm³/mol. The lowest BCUT2D eigenvalue weighted by atomic mass is 10.1. The number of fused-ring (bicyclic) bond motifs is 1. The van der Waals surface area contributed by atoms with Gasteiger partial charge < -0.3 is 10.2 Å². The van der Waals surface area contributed by atoms with Crippen LogP contribution in [0.4, 0.5) is 5.69 Å². The van der Waals surface area contributed by atoms with Crippen molar-refractivity contribution >= 4 is 44.5 Å². The third-order valence-corrected chi connectivity index (χ3v) is 5.16. The normalized spacial score (nSPS) is 11.1. The number of nitrogens with one attached hydrogen (secondary N) is 1. The smallest absolute Gasteiger partial charge is 0.255 e. The Morgan fingerprint density at radius 1 is 1.24 bits per heavy atom. The number of amides is 2. The second-order valence-electron chi connectivity index (χ2n) is 7.39. The molecule has 1 N–H and O–H groups in total. The fraction of sp³-hybridized carbons (Fsp3) is 0.333. The fourth-order valence-electron chi connectivity index (χ4n) is 3.11. The Hall–Kier alpha value is -2.74. The molecule has 8 heteroatoms. The van der Waals surface area contributed by atoms with Gasteiger partial charge in [-0.25, -0.2) is 9.67 Å². The van der Waals surface area contributed by atoms with Gasteiger partial charge in [0, 0.05) is 28.6 Å². The molecule has 29 heavy (non-hydrogen) atoms. The molecular formula is C21H24BrN5O2. The molecule has 0 aliphatic heterocycles. The van der Waals surface area contributed by atoms with Gasteiger partial charge in [-0.3, -0.25) is 9.59 Å². The number of hydrogen-bond donors (Lipinski definition) is 1. The highest BCUT2D eigenvalue weighted by molar-refractivity contribution is 9.10. The summed E-state index contributed by atoms with van der Waals surface area (Å²) in [5, 5.41) is 8.01. The number of halogens is 1. The van der Waals surface area contributed by atoms with Crippen LogP contribution in [0.2, 0.25) is 0 Å². The van der Waals surface area contributed by atoms with Gasteiger partial charge in [-0.15, -0.1) is 0 Å². The summed E-state index contributed by atoms with van der Waals surface area (Å²) in [7, 11) is 1.61. The van der Waals surface area contributed by atoms with E-state index in [1.54, 1.807) is 26.2 Å². The number of benzene rings is 1. The van der Waals surface area contributed by atoms with Crippen molar-refractivity contribution in [3.05, 3.63) is 51.8 Å². The highest BCUT2D eigenvalue weighted by Crippen LogP contribution is 2.21. The average Bonchev–Trinajstić information content (AvgIpc) is 3.05. The number of nitrogens with zero attached hydrogens (tertiary/aromatic N) is 4. The van der Waals surface area contributed by atoms with Crippen LogP contribution < -0.4 is 5.32 Å². The molecule has 152 valence electrons. The minimum absolute atomic E-state index is 0.0585. The zero-order valence-electron chi connectivity index (χ0n) is 17.2. The quantitative estimate of drug-likeness (QED) is 0.625. The molecule has 3 rings (SSSR count). The zero-order chi connectivity index (χ0) is 21.3. The summed E-state index contributed by atoms with van der Waals surface area (Å²) >= 11 is 3.40. The van der Waals surface area contributed by atoms with Crippen LogP contribution in [0, 0.1) is 13.8 Å². The molecule has 0 unspecified atom stereocenters. The molecule has 0 aliphatic carbocycles. The molecule has 2 heterocycles. The van der Waals surface area contributed by atoms with Gasteiger partial charge in [0.2, 0.25) is 5.91 Å². The van der Waals surface area contributed by atoms with Crippen LogP contribution in [0.15, 0.2) is 34.9 Å². The number of anilines is 1. The van der Waals surface area contributed by atoms with E-state index in [0.29, 0.717) is 11.3 Å². The number of aryl methyl sites for hydroxylation is 2. The molecule has 0 fully saturated rings. The van der Waals surface area contributed by atoms with Crippen molar-refractivity contribution in [2.45, 2.75) is 33.7 Å². The molecule has 0 saturated heterocycles. The first-order valence-corrected chi connectivity index (χ1v) is 10.1. The van der Waals surface area contributed by atoms with Crippen LogP contribution >= 0.6 is 15.9 Å². The van der Waals surface area contributed by atoms with Crippen molar-refractivity contribution in [3.8, 4) is 0 Å². The van der Waals surface area contributed by atoms with Crippen molar-refractivity contribution in [1.29, 1.82) is 0 Å². The van der Waals surface area contributed by atoms with E-state index in [-0.39, 0.29) is 24.4 Å². The van der Waals surface area contributed by atoms with Gasteiger partial charge in [0.05, 0.1) is 24.0 Å². The summed E-state index contributed by atoms with van der Waals surface area (Å²) in [4.78, 5) is 31.3. The standard InChI is InChI=1S/C21H24BrN5O2/c1-12(2)27-20-15(10-23-27)9-17(14(4)24-20)21(29)26(5)11-19(28)25-18-7-6-16(22)8-13(18)3/h6-10,12H,11H2,1-5H3,(H,25,28). The maximum atomic E-state index is 12.9. The van der Waals surface area contributed by atoms with E-state index in [9.17, 15) is 9.59 Å². The maximum absolute atomic E-state index is 12.9. The van der Waals surface area contributed by atoms with E-state index in [4.69, 9.17) is 0 Å². The molecule has 1 aromatic carbocycles. The van der Waals surface area contributed by atoms with Gasteiger partial charge in [-0.1, -0.05) is 15.9 Å². The topological polar surface area (TPSA) is 80.1 Å². The van der Waals surface area contributed by atoms with Crippen molar-refractivity contribution in [2.24, 2.45) is 0 Å². The second kappa shape index (κ2) is 8.32. The van der Waals surface area contributed by atoms with E-state index in [0.717, 1.165) is 26.8 Å². The third-order valence-electron chi connectivity index (χ3n) is 4.67. The van der Waals surface area contributed by atoms with E-state index < -0.39 is 0 Å². The summed E-state index contributed by atoms with van der Waals surface area (Å²) in [6, 6.07) is 7.58. The number of hydrogen-bond acceptors (Lipinski definition) is 4. The monoisotopic (exact) mass is 457 g/mol. The Kier molecular flexibility index (Phi) is 6.02. The molecule has 0 atom stereocenters. The third kappa shape index (κ3) is 4.48. The first-order chi connectivity index (χ1) is 13.7. The van der Waals surface area contributed by atoms with Crippen LogP contribution in [-0.2, 0) is 4.79 Å². The first kappa shape index (κ1) is 21.0. The van der Waals surface area contributed by atoms with Gasteiger partial charge in [0.15, 0.2) is 5.65 Å². The van der Waals surface area contributed by atoms with E-state index in [2.05, 4.69) is 31.3 Å². The molecule has 0 saturated carbocycles. The summed E-state index contributed by atoms with van der Waals surface area (Å²) in [6.07, 6.45) is 1.71. The fourth-order valence-corrected chi connectivity index (χ4v) is 3.59. The number of likely N-dealkylation sites (N-methyl/N-ethyl adjacent to an activating group) is 1. The SMILES string of the molecule is Cc1cc(Br)ccc1NC(=O)CN(C)C(=O)c1cc2cnn(C(C)C)c2nc1C. The molecule has 0 bridgehead atoms. The molecule has 0 radical (unpaired) electrons.